The third kappa shape index (κ3) is 2.65. The van der Waals surface area contributed by atoms with Gasteiger partial charge in [0.2, 0.25) is 0 Å². The van der Waals surface area contributed by atoms with Gasteiger partial charge in [0, 0.05) is 32.9 Å². The fourth-order valence-electron chi connectivity index (χ4n) is 1.87. The minimum atomic E-state index is 0.155. The Labute approximate surface area is 89.3 Å². The van der Waals surface area contributed by atoms with Crippen LogP contribution in [0.25, 0.3) is 0 Å². The predicted octanol–water partition coefficient (Wildman–Crippen LogP) is 1.42. The summed E-state index contributed by atoms with van der Waals surface area (Å²) < 4.78 is 7.06. The van der Waals surface area contributed by atoms with Crippen LogP contribution in [0.2, 0.25) is 0 Å². The number of carbonyl (C=O) groups excluding carboxylic acids is 1. The molecule has 0 unspecified atom stereocenters. The Bertz CT molecular complexity index is 340. The summed E-state index contributed by atoms with van der Waals surface area (Å²) in [5, 5.41) is 0. The van der Waals surface area contributed by atoms with Crippen LogP contribution in [0.3, 0.4) is 0 Å². The van der Waals surface area contributed by atoms with E-state index in [0.717, 1.165) is 26.1 Å². The molecular formula is C11H16N2O2. The third-order valence-electron chi connectivity index (χ3n) is 2.81. The minimum Gasteiger partial charge on any atom is -0.381 e. The summed E-state index contributed by atoms with van der Waals surface area (Å²) in [7, 11) is 1.87. The third-order valence-corrected chi connectivity index (χ3v) is 2.81. The van der Waals surface area contributed by atoms with Gasteiger partial charge in [-0.25, -0.2) is 4.98 Å². The Morgan fingerprint density at radius 3 is 2.93 bits per heavy atom. The molecule has 0 amide bonds. The molecule has 2 heterocycles. The first-order valence-electron chi connectivity index (χ1n) is 5.34. The molecule has 1 saturated heterocycles. The lowest BCUT2D eigenvalue weighted by Crippen LogP contribution is -2.18. The van der Waals surface area contributed by atoms with Crippen LogP contribution in [0.15, 0.2) is 12.5 Å². The zero-order valence-corrected chi connectivity index (χ0v) is 8.98. The molecule has 1 aromatic rings. The summed E-state index contributed by atoms with van der Waals surface area (Å²) in [6.45, 7) is 1.58. The highest BCUT2D eigenvalue weighted by atomic mass is 16.5. The second-order valence-corrected chi connectivity index (χ2v) is 4.11. The van der Waals surface area contributed by atoms with Crippen LogP contribution in [-0.4, -0.2) is 28.5 Å². The maximum absolute atomic E-state index is 11.8. The second kappa shape index (κ2) is 4.57. The number of carbonyl (C=O) groups is 1. The molecule has 0 atom stereocenters. The molecule has 4 heteroatoms. The van der Waals surface area contributed by atoms with Gasteiger partial charge in [0.05, 0.1) is 6.33 Å². The van der Waals surface area contributed by atoms with Crippen molar-refractivity contribution in [1.29, 1.82) is 0 Å². The summed E-state index contributed by atoms with van der Waals surface area (Å²) in [5.41, 5.74) is 0.587. The molecule has 0 aliphatic carbocycles. The number of hydrogen-bond donors (Lipinski definition) is 0. The van der Waals surface area contributed by atoms with Crippen LogP contribution in [-0.2, 0) is 11.8 Å². The minimum absolute atomic E-state index is 0.155. The SMILES string of the molecule is Cn1cnc(C(=O)CC2CCOCC2)c1. The van der Waals surface area contributed by atoms with E-state index in [1.54, 1.807) is 17.1 Å². The van der Waals surface area contributed by atoms with Crippen LogP contribution >= 0.6 is 0 Å². The Kier molecular flexibility index (Phi) is 3.16. The van der Waals surface area contributed by atoms with E-state index in [4.69, 9.17) is 4.74 Å². The number of Topliss-reactive ketones (excluding diaryl/α,β-unsaturated/α-hetero) is 1. The van der Waals surface area contributed by atoms with Crippen molar-refractivity contribution in [3.63, 3.8) is 0 Å². The second-order valence-electron chi connectivity index (χ2n) is 4.11. The zero-order chi connectivity index (χ0) is 10.7. The first-order chi connectivity index (χ1) is 7.25. The van der Waals surface area contributed by atoms with Crippen LogP contribution in [0.4, 0.5) is 0 Å². The van der Waals surface area contributed by atoms with Crippen molar-refractivity contribution < 1.29 is 9.53 Å². The van der Waals surface area contributed by atoms with Gasteiger partial charge in [0.15, 0.2) is 5.78 Å². The molecule has 0 saturated carbocycles. The fourth-order valence-corrected chi connectivity index (χ4v) is 1.87. The van der Waals surface area contributed by atoms with Gasteiger partial charge >= 0.3 is 0 Å². The maximum Gasteiger partial charge on any atom is 0.183 e. The average Bonchev–Trinajstić information content (AvgIpc) is 2.66. The van der Waals surface area contributed by atoms with E-state index >= 15 is 0 Å². The number of nitrogens with zero attached hydrogens (tertiary/aromatic N) is 2. The first kappa shape index (κ1) is 10.4. The molecule has 1 aromatic heterocycles. The summed E-state index contributed by atoms with van der Waals surface area (Å²) in [4.78, 5) is 15.9. The van der Waals surface area contributed by atoms with Gasteiger partial charge in [-0.2, -0.15) is 0 Å². The lowest BCUT2D eigenvalue weighted by atomic mass is 9.94. The number of imidazole rings is 1. The van der Waals surface area contributed by atoms with E-state index < -0.39 is 0 Å². The highest BCUT2D eigenvalue weighted by molar-refractivity contribution is 5.94. The molecule has 0 N–H and O–H groups in total. The summed E-state index contributed by atoms with van der Waals surface area (Å²) in [6.07, 6.45) is 6.05. The standard InChI is InChI=1S/C11H16N2O2/c1-13-7-10(12-8-13)11(14)6-9-2-4-15-5-3-9/h7-9H,2-6H2,1H3. The quantitative estimate of drug-likeness (QED) is 0.706. The largest absolute Gasteiger partial charge is 0.381 e. The molecule has 2 rings (SSSR count). The predicted molar refractivity (Wildman–Crippen MR) is 55.7 cm³/mol. The van der Waals surface area contributed by atoms with Crippen molar-refractivity contribution in [1.82, 2.24) is 9.55 Å². The monoisotopic (exact) mass is 208 g/mol. The van der Waals surface area contributed by atoms with Gasteiger partial charge in [0.1, 0.15) is 5.69 Å². The van der Waals surface area contributed by atoms with Crippen LogP contribution in [0, 0.1) is 5.92 Å². The molecule has 82 valence electrons. The van der Waals surface area contributed by atoms with Crippen molar-refractivity contribution in [2.75, 3.05) is 13.2 Å². The smallest absolute Gasteiger partial charge is 0.183 e. The van der Waals surface area contributed by atoms with Crippen LogP contribution < -0.4 is 0 Å². The molecule has 1 aliphatic heterocycles. The van der Waals surface area contributed by atoms with E-state index in [9.17, 15) is 4.79 Å². The van der Waals surface area contributed by atoms with Gasteiger partial charge in [-0.1, -0.05) is 0 Å². The summed E-state index contributed by atoms with van der Waals surface area (Å²) >= 11 is 0. The number of hydrogen-bond acceptors (Lipinski definition) is 3. The highest BCUT2D eigenvalue weighted by Crippen LogP contribution is 2.20. The Morgan fingerprint density at radius 1 is 1.60 bits per heavy atom. The van der Waals surface area contributed by atoms with Crippen LogP contribution in [0.5, 0.6) is 0 Å². The normalized spacial score (nSPS) is 17.9. The molecule has 0 spiro atoms. The van der Waals surface area contributed by atoms with Crippen molar-refractivity contribution in [3.05, 3.63) is 18.2 Å². The molecule has 0 radical (unpaired) electrons. The van der Waals surface area contributed by atoms with E-state index in [-0.39, 0.29) is 5.78 Å². The van der Waals surface area contributed by atoms with Crippen LogP contribution in [0.1, 0.15) is 29.8 Å². The molecular weight excluding hydrogens is 192 g/mol. The fraction of sp³-hybridized carbons (Fsp3) is 0.636. The molecule has 1 aliphatic rings. The maximum atomic E-state index is 11.8. The molecule has 1 fully saturated rings. The van der Waals surface area contributed by atoms with Crippen molar-refractivity contribution >= 4 is 5.78 Å². The first-order valence-corrected chi connectivity index (χ1v) is 5.34. The van der Waals surface area contributed by atoms with Gasteiger partial charge in [-0.3, -0.25) is 4.79 Å². The average molecular weight is 208 g/mol. The van der Waals surface area contributed by atoms with Crippen molar-refractivity contribution in [2.45, 2.75) is 19.3 Å². The highest BCUT2D eigenvalue weighted by Gasteiger charge is 2.19. The number of rotatable bonds is 3. The number of ketones is 1. The van der Waals surface area contributed by atoms with E-state index in [2.05, 4.69) is 4.98 Å². The van der Waals surface area contributed by atoms with E-state index in [1.807, 2.05) is 7.05 Å². The Morgan fingerprint density at radius 2 is 2.33 bits per heavy atom. The summed E-state index contributed by atoms with van der Waals surface area (Å²) in [5.74, 6) is 0.635. The topological polar surface area (TPSA) is 44.1 Å². The lowest BCUT2D eigenvalue weighted by Gasteiger charge is -2.20. The van der Waals surface area contributed by atoms with E-state index in [1.165, 1.54) is 0 Å². The van der Waals surface area contributed by atoms with Crippen molar-refractivity contribution in [2.24, 2.45) is 13.0 Å². The van der Waals surface area contributed by atoms with E-state index in [0.29, 0.717) is 18.0 Å². The van der Waals surface area contributed by atoms with Crippen molar-refractivity contribution in [3.8, 4) is 0 Å². The Hall–Kier alpha value is -1.16. The lowest BCUT2D eigenvalue weighted by molar-refractivity contribution is 0.0599. The Balaban J connectivity index is 1.91. The van der Waals surface area contributed by atoms with Gasteiger partial charge < -0.3 is 9.30 Å². The number of aryl methyl sites for hydroxylation is 1. The molecule has 15 heavy (non-hydrogen) atoms. The number of ether oxygens (including phenoxy) is 1. The molecule has 0 aromatic carbocycles. The van der Waals surface area contributed by atoms with Gasteiger partial charge in [-0.15, -0.1) is 0 Å². The number of aromatic nitrogens is 2. The summed E-state index contributed by atoms with van der Waals surface area (Å²) in [6, 6.07) is 0. The molecule has 4 nitrogen and oxygen atoms in total. The molecule has 0 bridgehead atoms. The van der Waals surface area contributed by atoms with Gasteiger partial charge in [-0.05, 0) is 18.8 Å². The van der Waals surface area contributed by atoms with Gasteiger partial charge in [0.25, 0.3) is 0 Å². The zero-order valence-electron chi connectivity index (χ0n) is 8.98.